The van der Waals surface area contributed by atoms with Gasteiger partial charge < -0.3 is 25.8 Å². The van der Waals surface area contributed by atoms with Gasteiger partial charge in [0.25, 0.3) is 0 Å². The van der Waals surface area contributed by atoms with Gasteiger partial charge in [-0.05, 0) is 53.9 Å². The van der Waals surface area contributed by atoms with Crippen molar-refractivity contribution < 1.29 is 23.9 Å². The van der Waals surface area contributed by atoms with Crippen molar-refractivity contribution in [1.82, 2.24) is 5.32 Å². The maximum atomic E-state index is 13.1. The van der Waals surface area contributed by atoms with Gasteiger partial charge in [-0.2, -0.15) is 0 Å². The fourth-order valence-corrected chi connectivity index (χ4v) is 3.44. The molecular formula is C29H32N3O5. The standard InChI is InChI=1S/C29H32N3O5/c1-20(28(30)34)8-17-27(33)32-26(29(35)31-23-11-15-24(36-2)16-12-23)18-21-9-13-25(14-10-21)37-19-22-6-4-3-5-7-22/h3-7,9-17,20,26H,8,18-19H2,1-2H3,(H2,30,34)(H,31,35)(H,32,33). The summed E-state index contributed by atoms with van der Waals surface area (Å²) >= 11 is 0. The van der Waals surface area contributed by atoms with E-state index in [0.717, 1.165) is 11.1 Å². The Morgan fingerprint density at radius 2 is 1.54 bits per heavy atom. The predicted octanol–water partition coefficient (Wildman–Crippen LogP) is 3.66. The highest BCUT2D eigenvalue weighted by Gasteiger charge is 2.22. The van der Waals surface area contributed by atoms with Gasteiger partial charge in [0.1, 0.15) is 24.1 Å². The highest BCUT2D eigenvalue weighted by atomic mass is 16.5. The lowest BCUT2D eigenvalue weighted by Gasteiger charge is -2.19. The molecule has 8 nitrogen and oxygen atoms in total. The number of nitrogens with one attached hydrogen (secondary N) is 2. The number of hydrogen-bond donors (Lipinski definition) is 3. The molecule has 1 radical (unpaired) electrons. The summed E-state index contributed by atoms with van der Waals surface area (Å²) in [7, 11) is 1.56. The monoisotopic (exact) mass is 502 g/mol. The van der Waals surface area contributed by atoms with Gasteiger partial charge in [0.05, 0.1) is 13.5 Å². The molecule has 0 saturated heterocycles. The number of rotatable bonds is 13. The van der Waals surface area contributed by atoms with Crippen LogP contribution in [0.25, 0.3) is 0 Å². The number of carbonyl (C=O) groups excluding carboxylic acids is 3. The largest absolute Gasteiger partial charge is 0.497 e. The van der Waals surface area contributed by atoms with E-state index in [0.29, 0.717) is 23.8 Å². The van der Waals surface area contributed by atoms with Crippen LogP contribution in [0.1, 0.15) is 24.5 Å². The van der Waals surface area contributed by atoms with Crippen molar-refractivity contribution >= 4 is 23.4 Å². The number of methoxy groups -OCH3 is 1. The number of anilines is 1. The van der Waals surface area contributed by atoms with Crippen LogP contribution in [0.5, 0.6) is 11.5 Å². The van der Waals surface area contributed by atoms with E-state index < -0.39 is 23.8 Å². The second kappa shape index (κ2) is 13.7. The fourth-order valence-electron chi connectivity index (χ4n) is 3.44. The Morgan fingerprint density at radius 3 is 2.16 bits per heavy atom. The van der Waals surface area contributed by atoms with Crippen LogP contribution >= 0.6 is 0 Å². The van der Waals surface area contributed by atoms with Crippen LogP contribution in [0.2, 0.25) is 0 Å². The van der Waals surface area contributed by atoms with Crippen LogP contribution < -0.4 is 25.8 Å². The summed E-state index contributed by atoms with van der Waals surface area (Å²) in [6.45, 7) is 2.09. The van der Waals surface area contributed by atoms with Crippen LogP contribution in [0, 0.1) is 12.3 Å². The molecule has 3 aromatic carbocycles. The molecule has 3 amide bonds. The zero-order valence-electron chi connectivity index (χ0n) is 21.0. The molecule has 2 unspecified atom stereocenters. The Labute approximate surface area is 217 Å². The van der Waals surface area contributed by atoms with Gasteiger partial charge in [-0.15, -0.1) is 0 Å². The normalized spacial score (nSPS) is 12.2. The third-order valence-electron chi connectivity index (χ3n) is 5.74. The molecule has 0 aromatic heterocycles. The fraction of sp³-hybridized carbons (Fsp3) is 0.241. The summed E-state index contributed by atoms with van der Waals surface area (Å²) < 4.78 is 11.0. The number of benzene rings is 3. The Hall–Kier alpha value is -4.33. The first-order valence-corrected chi connectivity index (χ1v) is 12.0. The first-order chi connectivity index (χ1) is 17.8. The van der Waals surface area contributed by atoms with E-state index in [9.17, 15) is 14.4 Å². The molecule has 0 fully saturated rings. The number of hydrogen-bond acceptors (Lipinski definition) is 5. The molecular weight excluding hydrogens is 470 g/mol. The van der Waals surface area contributed by atoms with Crippen LogP contribution in [-0.4, -0.2) is 30.9 Å². The van der Waals surface area contributed by atoms with E-state index in [1.165, 1.54) is 6.42 Å². The maximum absolute atomic E-state index is 13.1. The van der Waals surface area contributed by atoms with Gasteiger partial charge in [-0.1, -0.05) is 49.4 Å². The average molecular weight is 503 g/mol. The molecule has 0 aliphatic heterocycles. The predicted molar refractivity (Wildman–Crippen MR) is 142 cm³/mol. The lowest BCUT2D eigenvalue weighted by molar-refractivity contribution is -0.125. The number of ether oxygens (including phenoxy) is 2. The molecule has 37 heavy (non-hydrogen) atoms. The highest BCUT2D eigenvalue weighted by Crippen LogP contribution is 2.18. The van der Waals surface area contributed by atoms with E-state index >= 15 is 0 Å². The quantitative estimate of drug-likeness (QED) is 0.330. The summed E-state index contributed by atoms with van der Waals surface area (Å²) in [4.78, 5) is 36.9. The minimum absolute atomic E-state index is 0.182. The van der Waals surface area contributed by atoms with E-state index in [1.807, 2.05) is 54.6 Å². The third-order valence-corrected chi connectivity index (χ3v) is 5.74. The Morgan fingerprint density at radius 1 is 0.892 bits per heavy atom. The third kappa shape index (κ3) is 9.00. The Bertz CT molecular complexity index is 1160. The van der Waals surface area contributed by atoms with E-state index in [4.69, 9.17) is 15.2 Å². The molecule has 0 saturated carbocycles. The molecule has 8 heteroatoms. The van der Waals surface area contributed by atoms with Crippen molar-refractivity contribution in [3.8, 4) is 11.5 Å². The smallest absolute Gasteiger partial charge is 0.247 e. The Balaban J connectivity index is 1.65. The summed E-state index contributed by atoms with van der Waals surface area (Å²) in [5, 5.41) is 5.58. The average Bonchev–Trinajstić information content (AvgIpc) is 2.91. The highest BCUT2D eigenvalue weighted by molar-refractivity contribution is 5.98. The summed E-state index contributed by atoms with van der Waals surface area (Å²) in [6.07, 6.45) is 1.77. The molecule has 0 aliphatic rings. The van der Waals surface area contributed by atoms with Crippen molar-refractivity contribution in [2.75, 3.05) is 12.4 Å². The van der Waals surface area contributed by atoms with Gasteiger partial charge in [0, 0.05) is 18.0 Å². The van der Waals surface area contributed by atoms with Crippen molar-refractivity contribution in [3.63, 3.8) is 0 Å². The van der Waals surface area contributed by atoms with Gasteiger partial charge in [-0.3, -0.25) is 14.4 Å². The van der Waals surface area contributed by atoms with Gasteiger partial charge in [0.2, 0.25) is 17.7 Å². The second-order valence-corrected chi connectivity index (χ2v) is 8.64. The number of primary amides is 1. The van der Waals surface area contributed by atoms with Gasteiger partial charge >= 0.3 is 0 Å². The number of carbonyl (C=O) groups is 3. The SMILES string of the molecule is COc1ccc(NC(=O)C(Cc2ccc(OCc3ccccc3)cc2)NC(=O)[CH]CC(C)C(N)=O)cc1. The van der Waals surface area contributed by atoms with Gasteiger partial charge in [0.15, 0.2) is 0 Å². The zero-order chi connectivity index (χ0) is 26.6. The van der Waals surface area contributed by atoms with Gasteiger partial charge in [-0.25, -0.2) is 0 Å². The molecule has 3 aromatic rings. The molecule has 2 atom stereocenters. The maximum Gasteiger partial charge on any atom is 0.247 e. The van der Waals surface area contributed by atoms with E-state index in [1.54, 1.807) is 38.3 Å². The summed E-state index contributed by atoms with van der Waals surface area (Å²) in [5.74, 6) is -0.446. The zero-order valence-corrected chi connectivity index (χ0v) is 21.0. The van der Waals surface area contributed by atoms with E-state index in [2.05, 4.69) is 10.6 Å². The first-order valence-electron chi connectivity index (χ1n) is 12.0. The molecule has 193 valence electrons. The minimum Gasteiger partial charge on any atom is -0.497 e. The number of amides is 3. The lowest BCUT2D eigenvalue weighted by Crippen LogP contribution is -2.45. The molecule has 4 N–H and O–H groups in total. The van der Waals surface area contributed by atoms with Crippen LogP contribution in [0.4, 0.5) is 5.69 Å². The summed E-state index contributed by atoms with van der Waals surface area (Å²) in [6, 6.07) is 23.3. The summed E-state index contributed by atoms with van der Waals surface area (Å²) in [5.41, 5.74) is 7.75. The van der Waals surface area contributed by atoms with Crippen molar-refractivity contribution in [2.45, 2.75) is 32.4 Å². The minimum atomic E-state index is -0.856. The topological polar surface area (TPSA) is 120 Å². The molecule has 0 aliphatic carbocycles. The van der Waals surface area contributed by atoms with Crippen LogP contribution in [0.3, 0.4) is 0 Å². The number of nitrogens with two attached hydrogens (primary N) is 1. The molecule has 0 spiro atoms. The van der Waals surface area contributed by atoms with E-state index in [-0.39, 0.29) is 18.7 Å². The molecule has 0 bridgehead atoms. The van der Waals surface area contributed by atoms with Crippen LogP contribution in [0.15, 0.2) is 78.9 Å². The molecule has 0 heterocycles. The van der Waals surface area contributed by atoms with Crippen LogP contribution in [-0.2, 0) is 27.4 Å². The van der Waals surface area contributed by atoms with Crippen molar-refractivity contribution in [1.29, 1.82) is 0 Å². The Kier molecular flexibility index (Phi) is 10.1. The van der Waals surface area contributed by atoms with Crippen molar-refractivity contribution in [3.05, 3.63) is 96.4 Å². The lowest BCUT2D eigenvalue weighted by atomic mass is 10.0. The molecule has 3 rings (SSSR count). The first kappa shape index (κ1) is 27.3. The van der Waals surface area contributed by atoms with Crippen molar-refractivity contribution in [2.24, 2.45) is 11.7 Å². The second-order valence-electron chi connectivity index (χ2n) is 8.64.